The number of carbonyl (C=O) groups is 2. The molecule has 1 atom stereocenters. The molecule has 0 radical (unpaired) electrons. The zero-order chi connectivity index (χ0) is 20.3. The molecule has 1 heterocycles. The largest absolute Gasteiger partial charge is 0.467 e. The molecular weight excluding hydrogens is 362 g/mol. The fourth-order valence-electron chi connectivity index (χ4n) is 4.44. The number of hydrogen-bond donors (Lipinski definition) is 1. The molecule has 2 fully saturated rings. The SMILES string of the molecule is COC(=O)C(C)NC(=O)c1ccc(N2CCC3(CCCC3)CC2)c([N+](=O)[O-])c1. The number of nitrogens with one attached hydrogen (secondary N) is 1. The number of esters is 1. The van der Waals surface area contributed by atoms with Crippen molar-refractivity contribution in [2.75, 3.05) is 25.1 Å². The molecule has 28 heavy (non-hydrogen) atoms. The van der Waals surface area contributed by atoms with E-state index < -0.39 is 22.8 Å². The number of amides is 1. The highest BCUT2D eigenvalue weighted by Crippen LogP contribution is 2.47. The van der Waals surface area contributed by atoms with Gasteiger partial charge >= 0.3 is 5.97 Å². The lowest BCUT2D eigenvalue weighted by molar-refractivity contribution is -0.384. The zero-order valence-electron chi connectivity index (χ0n) is 16.4. The number of rotatable bonds is 5. The van der Waals surface area contributed by atoms with Crippen LogP contribution in [0.5, 0.6) is 0 Å². The molecular formula is C20H27N3O5. The Morgan fingerprint density at radius 1 is 1.21 bits per heavy atom. The van der Waals surface area contributed by atoms with Crippen molar-refractivity contribution < 1.29 is 19.2 Å². The van der Waals surface area contributed by atoms with Crippen molar-refractivity contribution >= 4 is 23.3 Å². The number of hydrogen-bond acceptors (Lipinski definition) is 6. The highest BCUT2D eigenvalue weighted by atomic mass is 16.6. The van der Waals surface area contributed by atoms with E-state index in [2.05, 4.69) is 15.0 Å². The number of carbonyl (C=O) groups excluding carboxylic acids is 2. The molecule has 1 aromatic rings. The van der Waals surface area contributed by atoms with Crippen molar-refractivity contribution in [2.24, 2.45) is 5.41 Å². The Kier molecular flexibility index (Phi) is 5.86. The van der Waals surface area contributed by atoms with E-state index in [1.807, 2.05) is 0 Å². The number of anilines is 1. The summed E-state index contributed by atoms with van der Waals surface area (Å²) in [7, 11) is 1.24. The van der Waals surface area contributed by atoms with Crippen LogP contribution >= 0.6 is 0 Å². The molecule has 8 nitrogen and oxygen atoms in total. The molecule has 2 aliphatic rings. The quantitative estimate of drug-likeness (QED) is 0.472. The second-order valence-corrected chi connectivity index (χ2v) is 7.87. The number of nitrogens with zero attached hydrogens (tertiary/aromatic N) is 2. The van der Waals surface area contributed by atoms with Crippen molar-refractivity contribution in [3.63, 3.8) is 0 Å². The van der Waals surface area contributed by atoms with Crippen LogP contribution in [0.2, 0.25) is 0 Å². The molecule has 1 aliphatic carbocycles. The van der Waals surface area contributed by atoms with Gasteiger partial charge in [0.1, 0.15) is 11.7 Å². The lowest BCUT2D eigenvalue weighted by Gasteiger charge is -2.40. The van der Waals surface area contributed by atoms with Gasteiger partial charge in [0, 0.05) is 24.7 Å². The van der Waals surface area contributed by atoms with Crippen LogP contribution in [0.3, 0.4) is 0 Å². The molecule has 3 rings (SSSR count). The van der Waals surface area contributed by atoms with Crippen molar-refractivity contribution in [1.82, 2.24) is 5.32 Å². The third-order valence-corrected chi connectivity index (χ3v) is 6.17. The number of nitro benzene ring substituents is 1. The average Bonchev–Trinajstić information content (AvgIpc) is 3.15. The number of ether oxygens (including phenoxy) is 1. The van der Waals surface area contributed by atoms with Crippen LogP contribution in [0.15, 0.2) is 18.2 Å². The van der Waals surface area contributed by atoms with E-state index in [4.69, 9.17) is 0 Å². The predicted molar refractivity (Wildman–Crippen MR) is 104 cm³/mol. The van der Waals surface area contributed by atoms with E-state index >= 15 is 0 Å². The summed E-state index contributed by atoms with van der Waals surface area (Å²) in [6.45, 7) is 3.09. The Labute approximate surface area is 164 Å². The molecule has 1 aliphatic heterocycles. The predicted octanol–water partition coefficient (Wildman–Crippen LogP) is 3.05. The fourth-order valence-corrected chi connectivity index (χ4v) is 4.44. The Balaban J connectivity index is 1.75. The minimum atomic E-state index is -0.832. The van der Waals surface area contributed by atoms with Crippen LogP contribution in [0.4, 0.5) is 11.4 Å². The third-order valence-electron chi connectivity index (χ3n) is 6.17. The molecule has 152 valence electrons. The van der Waals surface area contributed by atoms with Crippen molar-refractivity contribution in [3.05, 3.63) is 33.9 Å². The van der Waals surface area contributed by atoms with Crippen LogP contribution in [0, 0.1) is 15.5 Å². The van der Waals surface area contributed by atoms with Gasteiger partial charge in [-0.2, -0.15) is 0 Å². The van der Waals surface area contributed by atoms with Crippen LogP contribution in [-0.4, -0.2) is 43.0 Å². The third kappa shape index (κ3) is 4.10. The molecule has 0 aromatic heterocycles. The lowest BCUT2D eigenvalue weighted by atomic mass is 9.77. The van der Waals surface area contributed by atoms with E-state index in [0.29, 0.717) is 11.1 Å². The molecule has 1 unspecified atom stereocenters. The second-order valence-electron chi connectivity index (χ2n) is 7.87. The summed E-state index contributed by atoms with van der Waals surface area (Å²) in [4.78, 5) is 37.1. The Bertz CT molecular complexity index is 763. The van der Waals surface area contributed by atoms with Crippen LogP contribution in [0.1, 0.15) is 55.8 Å². The topological polar surface area (TPSA) is 102 Å². The molecule has 8 heteroatoms. The minimum Gasteiger partial charge on any atom is -0.467 e. The first-order valence-corrected chi connectivity index (χ1v) is 9.77. The molecule has 1 spiro atoms. The number of benzene rings is 1. The normalized spacial score (nSPS) is 19.3. The number of piperidine rings is 1. The first-order chi connectivity index (χ1) is 13.3. The summed E-state index contributed by atoms with van der Waals surface area (Å²) < 4.78 is 4.58. The maximum absolute atomic E-state index is 12.4. The Hall–Kier alpha value is -2.64. The van der Waals surface area contributed by atoms with Gasteiger partial charge in [0.05, 0.1) is 12.0 Å². The summed E-state index contributed by atoms with van der Waals surface area (Å²) in [6.07, 6.45) is 7.22. The first-order valence-electron chi connectivity index (χ1n) is 9.77. The van der Waals surface area contributed by atoms with Crippen LogP contribution in [-0.2, 0) is 9.53 Å². The van der Waals surface area contributed by atoms with Gasteiger partial charge in [-0.25, -0.2) is 4.79 Å². The Morgan fingerprint density at radius 3 is 2.43 bits per heavy atom. The molecule has 1 saturated heterocycles. The highest BCUT2D eigenvalue weighted by molar-refractivity contribution is 5.98. The van der Waals surface area contributed by atoms with Gasteiger partial charge in [-0.15, -0.1) is 0 Å². The van der Waals surface area contributed by atoms with Gasteiger partial charge in [-0.3, -0.25) is 14.9 Å². The van der Waals surface area contributed by atoms with E-state index in [1.54, 1.807) is 12.1 Å². The maximum atomic E-state index is 12.4. The Morgan fingerprint density at radius 2 is 1.86 bits per heavy atom. The standard InChI is InChI=1S/C20H27N3O5/c1-14(19(25)28-2)21-18(24)15-5-6-16(17(13-15)23(26)27)22-11-9-20(10-12-22)7-3-4-8-20/h5-6,13-14H,3-4,7-12H2,1-2H3,(H,21,24). The number of methoxy groups -OCH3 is 1. The summed E-state index contributed by atoms with van der Waals surface area (Å²) in [6, 6.07) is 3.67. The van der Waals surface area contributed by atoms with Gasteiger partial charge < -0.3 is 15.0 Å². The first kappa shape index (κ1) is 20.1. The van der Waals surface area contributed by atoms with Crippen LogP contribution in [0.25, 0.3) is 0 Å². The van der Waals surface area contributed by atoms with Gasteiger partial charge in [0.25, 0.3) is 11.6 Å². The zero-order valence-corrected chi connectivity index (χ0v) is 16.4. The van der Waals surface area contributed by atoms with Gasteiger partial charge in [-0.1, -0.05) is 12.8 Å². The summed E-state index contributed by atoms with van der Waals surface area (Å²) in [5.74, 6) is -1.12. The van der Waals surface area contributed by atoms with Crippen molar-refractivity contribution in [3.8, 4) is 0 Å². The maximum Gasteiger partial charge on any atom is 0.328 e. The average molecular weight is 389 g/mol. The summed E-state index contributed by atoms with van der Waals surface area (Å²) >= 11 is 0. The van der Waals surface area contributed by atoms with Gasteiger partial charge in [-0.05, 0) is 50.2 Å². The van der Waals surface area contributed by atoms with Gasteiger partial charge in [0.15, 0.2) is 0 Å². The summed E-state index contributed by atoms with van der Waals surface area (Å²) in [5.41, 5.74) is 1.04. The van der Waals surface area contributed by atoms with Gasteiger partial charge in [0.2, 0.25) is 0 Å². The van der Waals surface area contributed by atoms with Crippen LogP contribution < -0.4 is 10.2 Å². The van der Waals surface area contributed by atoms with E-state index in [9.17, 15) is 19.7 Å². The van der Waals surface area contributed by atoms with E-state index in [-0.39, 0.29) is 11.3 Å². The molecule has 1 amide bonds. The summed E-state index contributed by atoms with van der Waals surface area (Å²) in [5, 5.41) is 14.1. The lowest BCUT2D eigenvalue weighted by Crippen LogP contribution is -2.40. The molecule has 1 saturated carbocycles. The molecule has 0 bridgehead atoms. The molecule has 1 N–H and O–H groups in total. The number of nitro groups is 1. The smallest absolute Gasteiger partial charge is 0.328 e. The second kappa shape index (κ2) is 8.16. The van der Waals surface area contributed by atoms with Crippen molar-refractivity contribution in [1.29, 1.82) is 0 Å². The fraction of sp³-hybridized carbons (Fsp3) is 0.600. The van der Waals surface area contributed by atoms with E-state index in [1.165, 1.54) is 45.8 Å². The minimum absolute atomic E-state index is 0.0826. The highest BCUT2D eigenvalue weighted by Gasteiger charge is 2.38. The molecule has 1 aromatic carbocycles. The van der Waals surface area contributed by atoms with Crippen molar-refractivity contribution in [2.45, 2.75) is 51.5 Å². The monoisotopic (exact) mass is 389 g/mol. The van der Waals surface area contributed by atoms with E-state index in [0.717, 1.165) is 25.9 Å².